The smallest absolute Gasteiger partial charge is 0.330 e. The Morgan fingerprint density at radius 2 is 1.38 bits per heavy atom. The summed E-state index contributed by atoms with van der Waals surface area (Å²) in [6.45, 7) is 8.37. The molecule has 214 valence electrons. The van der Waals surface area contributed by atoms with E-state index in [1.165, 1.54) is 7.11 Å². The predicted octanol–water partition coefficient (Wildman–Crippen LogP) is 3.10. The van der Waals surface area contributed by atoms with E-state index in [9.17, 15) is 14.7 Å². The average molecular weight is 563 g/mol. The number of benzene rings is 3. The molecule has 3 rings (SSSR count). The maximum absolute atomic E-state index is 13.5. The van der Waals surface area contributed by atoms with Crippen molar-refractivity contribution in [2.75, 3.05) is 20.8 Å². The Balaban J connectivity index is 1.92. The number of hydrogen-bond donors (Lipinski definition) is 2. The van der Waals surface area contributed by atoms with Gasteiger partial charge in [-0.1, -0.05) is 112 Å². The molecular formula is C32H42N2O5Si. The lowest BCUT2D eigenvalue weighted by Crippen LogP contribution is -2.68. The molecule has 1 amide bonds. The van der Waals surface area contributed by atoms with E-state index in [-0.39, 0.29) is 11.6 Å². The minimum absolute atomic E-state index is 0.0827. The number of amides is 1. The van der Waals surface area contributed by atoms with Crippen LogP contribution < -0.4 is 15.7 Å². The largest absolute Gasteiger partial charge is 0.467 e. The summed E-state index contributed by atoms with van der Waals surface area (Å²) in [5.41, 5.74) is 1.00. The lowest BCUT2D eigenvalue weighted by atomic mass is 10.1. The van der Waals surface area contributed by atoms with Crippen molar-refractivity contribution < 1.29 is 23.9 Å². The molecule has 0 aliphatic carbocycles. The number of carbonyl (C=O) groups excluding carboxylic acids is 2. The van der Waals surface area contributed by atoms with Crippen LogP contribution in [0, 0.1) is 0 Å². The molecule has 0 heterocycles. The van der Waals surface area contributed by atoms with E-state index in [0.29, 0.717) is 6.54 Å². The van der Waals surface area contributed by atoms with E-state index in [1.54, 1.807) is 18.9 Å². The molecule has 7 nitrogen and oxygen atoms in total. The Morgan fingerprint density at radius 1 is 0.900 bits per heavy atom. The minimum atomic E-state index is -2.96. The summed E-state index contributed by atoms with van der Waals surface area (Å²) in [6, 6.07) is 27.9. The molecule has 1 unspecified atom stereocenters. The number of hydrogen-bond acceptors (Lipinski definition) is 6. The van der Waals surface area contributed by atoms with Gasteiger partial charge in [0.15, 0.2) is 0 Å². The van der Waals surface area contributed by atoms with Crippen molar-refractivity contribution in [1.29, 1.82) is 0 Å². The number of ether oxygens (including phenoxy) is 1. The summed E-state index contributed by atoms with van der Waals surface area (Å²) in [4.78, 5) is 28.3. The van der Waals surface area contributed by atoms with Crippen LogP contribution in [-0.4, -0.2) is 69.2 Å². The number of likely N-dealkylation sites (N-methyl/N-ethyl adjacent to an activating group) is 1. The zero-order valence-electron chi connectivity index (χ0n) is 24.3. The van der Waals surface area contributed by atoms with Gasteiger partial charge in [0.1, 0.15) is 12.1 Å². The number of nitrogens with one attached hydrogen (secondary N) is 1. The molecule has 0 radical (unpaired) electrons. The van der Waals surface area contributed by atoms with Crippen LogP contribution >= 0.6 is 0 Å². The van der Waals surface area contributed by atoms with E-state index >= 15 is 0 Å². The maximum Gasteiger partial charge on any atom is 0.330 e. The molecular weight excluding hydrogens is 520 g/mol. The van der Waals surface area contributed by atoms with Crippen molar-refractivity contribution >= 4 is 30.6 Å². The van der Waals surface area contributed by atoms with Gasteiger partial charge in [0.05, 0.1) is 19.8 Å². The molecule has 0 aliphatic heterocycles. The second-order valence-electron chi connectivity index (χ2n) is 11.1. The molecule has 0 aliphatic rings. The molecule has 0 bridgehead atoms. The minimum Gasteiger partial charge on any atom is -0.467 e. The molecule has 2 N–H and O–H groups in total. The third-order valence-electron chi connectivity index (χ3n) is 7.16. The summed E-state index contributed by atoms with van der Waals surface area (Å²) in [7, 11) is 0.101. The highest BCUT2D eigenvalue weighted by molar-refractivity contribution is 6.99. The highest BCUT2D eigenvalue weighted by atomic mass is 28.4. The van der Waals surface area contributed by atoms with Gasteiger partial charge >= 0.3 is 5.97 Å². The van der Waals surface area contributed by atoms with E-state index in [0.717, 1.165) is 15.9 Å². The van der Waals surface area contributed by atoms with Crippen LogP contribution in [0.5, 0.6) is 0 Å². The van der Waals surface area contributed by atoms with Crippen molar-refractivity contribution in [3.8, 4) is 0 Å². The zero-order chi connectivity index (χ0) is 29.3. The normalized spacial score (nSPS) is 14.3. The van der Waals surface area contributed by atoms with Gasteiger partial charge in [-0.3, -0.25) is 9.69 Å². The van der Waals surface area contributed by atoms with Crippen LogP contribution in [0.15, 0.2) is 91.0 Å². The third kappa shape index (κ3) is 7.25. The van der Waals surface area contributed by atoms with Crippen LogP contribution in [0.2, 0.25) is 5.04 Å². The van der Waals surface area contributed by atoms with Crippen molar-refractivity contribution in [3.63, 3.8) is 0 Å². The molecule has 3 atom stereocenters. The Morgan fingerprint density at radius 3 is 1.80 bits per heavy atom. The average Bonchev–Trinajstić information content (AvgIpc) is 2.93. The lowest BCUT2D eigenvalue weighted by molar-refractivity contribution is -0.147. The van der Waals surface area contributed by atoms with E-state index in [2.05, 4.69) is 50.4 Å². The van der Waals surface area contributed by atoms with Gasteiger partial charge < -0.3 is 19.6 Å². The van der Waals surface area contributed by atoms with Crippen LogP contribution in [0.4, 0.5) is 0 Å². The first kappa shape index (κ1) is 31.2. The Hall–Kier alpha value is -3.30. The quantitative estimate of drug-likeness (QED) is 0.261. The Labute approximate surface area is 239 Å². The molecule has 3 aromatic carbocycles. The monoisotopic (exact) mass is 562 g/mol. The first-order valence-corrected chi connectivity index (χ1v) is 15.5. The van der Waals surface area contributed by atoms with E-state index < -0.39 is 38.4 Å². The number of nitrogens with zero attached hydrogens (tertiary/aromatic N) is 1. The van der Waals surface area contributed by atoms with Crippen molar-refractivity contribution in [2.45, 2.75) is 57.5 Å². The summed E-state index contributed by atoms with van der Waals surface area (Å²) < 4.78 is 12.0. The fourth-order valence-corrected chi connectivity index (χ4v) is 9.87. The Bertz CT molecular complexity index is 1180. The van der Waals surface area contributed by atoms with E-state index in [1.807, 2.05) is 66.7 Å². The standard InChI is InChI=1S/C32H42N2O5Si/c1-24(35)29(34(5)22-25-16-10-7-11-17-25)30(36)33-28(31(37)38-6)23-39-40(32(2,3)4,26-18-12-8-13-19-26)27-20-14-9-15-21-27/h7-21,24,28-29,35H,22-23H2,1-6H3,(H,33,36)/t24-,28?,29+/m1/s1. The number of aliphatic hydroxyl groups is 1. The lowest BCUT2D eigenvalue weighted by Gasteiger charge is -2.43. The molecule has 3 aromatic rings. The number of aliphatic hydroxyl groups excluding tert-OH is 1. The molecule has 0 saturated carbocycles. The summed E-state index contributed by atoms with van der Waals surface area (Å²) in [5, 5.41) is 15.2. The summed E-state index contributed by atoms with van der Waals surface area (Å²) >= 11 is 0. The number of esters is 1. The van der Waals surface area contributed by atoms with Crippen LogP contribution in [0.3, 0.4) is 0 Å². The molecule has 0 spiro atoms. The first-order valence-electron chi connectivity index (χ1n) is 13.6. The highest BCUT2D eigenvalue weighted by Crippen LogP contribution is 2.36. The van der Waals surface area contributed by atoms with Gasteiger partial charge in [-0.25, -0.2) is 4.79 Å². The highest BCUT2D eigenvalue weighted by Gasteiger charge is 2.50. The SMILES string of the molecule is COC(=O)C(CO[Si](c1ccccc1)(c1ccccc1)C(C)(C)C)NC(=O)[C@H]([C@@H](C)O)N(C)Cc1ccccc1. The molecule has 0 aromatic heterocycles. The van der Waals surface area contributed by atoms with Crippen LogP contribution in [0.1, 0.15) is 33.3 Å². The van der Waals surface area contributed by atoms with Crippen molar-refractivity contribution in [2.24, 2.45) is 0 Å². The summed E-state index contributed by atoms with van der Waals surface area (Å²) in [5.74, 6) is -1.09. The first-order chi connectivity index (χ1) is 19.0. The topological polar surface area (TPSA) is 88.1 Å². The summed E-state index contributed by atoms with van der Waals surface area (Å²) in [6.07, 6.45) is -0.982. The van der Waals surface area contributed by atoms with Gasteiger partial charge in [0.25, 0.3) is 8.32 Å². The zero-order valence-corrected chi connectivity index (χ0v) is 25.3. The van der Waals surface area contributed by atoms with Crippen LogP contribution in [-0.2, 0) is 25.3 Å². The van der Waals surface area contributed by atoms with E-state index in [4.69, 9.17) is 9.16 Å². The fraction of sp³-hybridized carbons (Fsp3) is 0.375. The maximum atomic E-state index is 13.5. The molecule has 0 fully saturated rings. The second-order valence-corrected chi connectivity index (χ2v) is 15.5. The second kappa shape index (κ2) is 13.9. The van der Waals surface area contributed by atoms with Crippen molar-refractivity contribution in [1.82, 2.24) is 10.2 Å². The van der Waals surface area contributed by atoms with Crippen LogP contribution in [0.25, 0.3) is 0 Å². The number of carbonyl (C=O) groups is 2. The Kier molecular flexibility index (Phi) is 10.8. The van der Waals surface area contributed by atoms with Gasteiger partial charge in [0.2, 0.25) is 5.91 Å². The third-order valence-corrected chi connectivity index (χ3v) is 12.2. The number of rotatable bonds is 12. The van der Waals surface area contributed by atoms with Crippen molar-refractivity contribution in [3.05, 3.63) is 96.6 Å². The molecule has 40 heavy (non-hydrogen) atoms. The van der Waals surface area contributed by atoms with Gasteiger partial charge in [0, 0.05) is 6.54 Å². The molecule has 8 heteroatoms. The van der Waals surface area contributed by atoms with Gasteiger partial charge in [-0.15, -0.1) is 0 Å². The van der Waals surface area contributed by atoms with Gasteiger partial charge in [-0.05, 0) is 34.9 Å². The molecule has 0 saturated heterocycles. The number of methoxy groups -OCH3 is 1. The fourth-order valence-electron chi connectivity index (χ4n) is 5.30. The predicted molar refractivity (Wildman–Crippen MR) is 161 cm³/mol. The van der Waals surface area contributed by atoms with Gasteiger partial charge in [-0.2, -0.15) is 0 Å².